The fourth-order valence-corrected chi connectivity index (χ4v) is 7.98. The number of carbonyl (C=O) groups is 1. The van der Waals surface area contributed by atoms with Crippen molar-refractivity contribution in [2.24, 2.45) is 0 Å². The molecule has 1 saturated heterocycles. The van der Waals surface area contributed by atoms with E-state index in [0.29, 0.717) is 0 Å². The molecular formula is C42H63FN6O6P+. The third-order valence-electron chi connectivity index (χ3n) is 10.5. The SMILES string of the molecule is C#C[C@]1(CO[P+](=O)N[C@@H](Cc2ccccc2)C(=O)OCCCCCCCCCCCCCCCCCCCCC)O[C@@H](n2cnc3c(N)nc(F)nc32)C[C@@H]1O. The van der Waals surface area contributed by atoms with E-state index in [2.05, 4.69) is 32.9 Å². The number of ether oxygens (including phenoxy) is 2. The minimum atomic E-state index is -2.65. The van der Waals surface area contributed by atoms with E-state index in [1.54, 1.807) is 0 Å². The lowest BCUT2D eigenvalue weighted by atomic mass is 9.99. The second-order valence-electron chi connectivity index (χ2n) is 15.0. The molecule has 1 unspecified atom stereocenters. The summed E-state index contributed by atoms with van der Waals surface area (Å²) in [5, 5.41) is 13.7. The fourth-order valence-electron chi connectivity index (χ4n) is 7.15. The predicted molar refractivity (Wildman–Crippen MR) is 217 cm³/mol. The van der Waals surface area contributed by atoms with E-state index >= 15 is 0 Å². The number of nitrogen functional groups attached to an aromatic ring is 1. The van der Waals surface area contributed by atoms with E-state index in [1.165, 1.54) is 114 Å². The zero-order valence-electron chi connectivity index (χ0n) is 33.2. The topological polar surface area (TPSA) is 164 Å². The van der Waals surface area contributed by atoms with Crippen LogP contribution in [0.3, 0.4) is 0 Å². The average molecular weight is 798 g/mol. The summed E-state index contributed by atoms with van der Waals surface area (Å²) in [7, 11) is -2.65. The van der Waals surface area contributed by atoms with Gasteiger partial charge in [0, 0.05) is 12.8 Å². The summed E-state index contributed by atoms with van der Waals surface area (Å²) in [6.45, 7) is 2.08. The Balaban J connectivity index is 1.12. The van der Waals surface area contributed by atoms with E-state index in [9.17, 15) is 18.9 Å². The van der Waals surface area contributed by atoms with Gasteiger partial charge in [-0.05, 0) is 16.5 Å². The average Bonchev–Trinajstić information content (AvgIpc) is 3.77. The molecule has 5 atom stereocenters. The van der Waals surface area contributed by atoms with Crippen molar-refractivity contribution in [3.05, 3.63) is 48.3 Å². The van der Waals surface area contributed by atoms with Gasteiger partial charge in [-0.1, -0.05) is 164 Å². The highest BCUT2D eigenvalue weighted by Gasteiger charge is 2.50. The lowest BCUT2D eigenvalue weighted by Crippen LogP contribution is -2.43. The predicted octanol–water partition coefficient (Wildman–Crippen LogP) is 9.05. The first-order chi connectivity index (χ1) is 27.3. The molecule has 3 aromatic rings. The molecule has 0 amide bonds. The lowest BCUT2D eigenvalue weighted by Gasteiger charge is -2.23. The summed E-state index contributed by atoms with van der Waals surface area (Å²) in [5.41, 5.74) is 5.16. The maximum absolute atomic E-state index is 13.9. The number of benzene rings is 1. The van der Waals surface area contributed by atoms with Crippen LogP contribution < -0.4 is 10.8 Å². The van der Waals surface area contributed by atoms with Crippen molar-refractivity contribution >= 4 is 31.1 Å². The maximum atomic E-state index is 13.9. The molecular weight excluding hydrogens is 734 g/mol. The number of esters is 1. The minimum Gasteiger partial charge on any atom is -0.464 e. The third kappa shape index (κ3) is 14.8. The molecule has 4 N–H and O–H groups in total. The first-order valence-electron chi connectivity index (χ1n) is 20.8. The molecule has 0 bridgehead atoms. The van der Waals surface area contributed by atoms with Crippen LogP contribution in [0.4, 0.5) is 10.2 Å². The third-order valence-corrected chi connectivity index (χ3v) is 11.4. The number of aliphatic hydroxyl groups excluding tert-OH is 1. The van der Waals surface area contributed by atoms with Crippen molar-refractivity contribution in [2.45, 2.75) is 166 Å². The standard InChI is InChI=1S/C42H63FN6O6P/c1-3-5-6-7-8-9-10-11-12-13-14-15-16-17-18-19-20-21-25-28-53-40(51)34(29-33-26-23-22-24-27-33)48-56(52)54-31-42(4-2)35(50)30-36(55-42)49-32-45-37-38(44)46-41(43)47-39(37)49/h2,22-24,26-27,32,34-36,50H,3,5-21,25,28-31H2,1H3,(H,48,52)(H2,44,46,47)/q+1/t34-,35-,36+,42+/m0/s1. The smallest absolute Gasteiger partial charge is 0.464 e. The van der Waals surface area contributed by atoms with Crippen molar-refractivity contribution in [3.8, 4) is 12.3 Å². The number of terminal acetylenes is 1. The van der Waals surface area contributed by atoms with Crippen molar-refractivity contribution in [3.63, 3.8) is 0 Å². The number of aliphatic hydroxyl groups is 1. The van der Waals surface area contributed by atoms with Crippen LogP contribution in [-0.4, -0.2) is 61.6 Å². The number of carbonyl (C=O) groups excluding carboxylic acids is 1. The van der Waals surface area contributed by atoms with Crippen LogP contribution >= 0.6 is 8.18 Å². The number of rotatable bonds is 29. The summed E-state index contributed by atoms with van der Waals surface area (Å²) >= 11 is 0. The molecule has 1 aromatic carbocycles. The minimum absolute atomic E-state index is 0.0167. The normalized spacial score (nSPS) is 18.9. The quantitative estimate of drug-likeness (QED) is 0.0202. The zero-order valence-corrected chi connectivity index (χ0v) is 34.1. The highest BCUT2D eigenvalue weighted by Crippen LogP contribution is 2.39. The van der Waals surface area contributed by atoms with E-state index in [1.807, 2.05) is 30.3 Å². The molecule has 3 heterocycles. The van der Waals surface area contributed by atoms with Crippen LogP contribution in [-0.2, 0) is 29.8 Å². The second-order valence-corrected chi connectivity index (χ2v) is 16.0. The summed E-state index contributed by atoms with van der Waals surface area (Å²) in [6, 6.07) is 8.37. The van der Waals surface area contributed by atoms with Gasteiger partial charge in [0.05, 0.1) is 12.9 Å². The van der Waals surface area contributed by atoms with Crippen molar-refractivity contribution in [2.75, 3.05) is 18.9 Å². The van der Waals surface area contributed by atoms with Gasteiger partial charge in [-0.15, -0.1) is 10.9 Å². The van der Waals surface area contributed by atoms with Crippen molar-refractivity contribution in [1.82, 2.24) is 24.6 Å². The Labute approximate surface area is 333 Å². The number of imidazole rings is 1. The Morgan fingerprint density at radius 2 is 1.57 bits per heavy atom. The van der Waals surface area contributed by atoms with Crippen LogP contribution in [0.5, 0.6) is 0 Å². The van der Waals surface area contributed by atoms with Crippen LogP contribution in [0.2, 0.25) is 0 Å². The highest BCUT2D eigenvalue weighted by atomic mass is 31.1. The molecule has 12 nitrogen and oxygen atoms in total. The van der Waals surface area contributed by atoms with Crippen LogP contribution in [0, 0.1) is 18.4 Å². The van der Waals surface area contributed by atoms with Crippen molar-refractivity contribution < 1.29 is 32.9 Å². The molecule has 1 aliphatic rings. The number of fused-ring (bicyclic) bond motifs is 1. The molecule has 2 aromatic heterocycles. The van der Waals surface area contributed by atoms with E-state index < -0.39 is 50.8 Å². The van der Waals surface area contributed by atoms with E-state index in [4.69, 9.17) is 26.2 Å². The van der Waals surface area contributed by atoms with Crippen LogP contribution in [0.25, 0.3) is 11.2 Å². The summed E-state index contributed by atoms with van der Waals surface area (Å²) in [5.74, 6) is 1.75. The van der Waals surface area contributed by atoms with Gasteiger partial charge >= 0.3 is 20.2 Å². The highest BCUT2D eigenvalue weighted by molar-refractivity contribution is 7.36. The number of hydrogen-bond acceptors (Lipinski definition) is 10. The second kappa shape index (κ2) is 25.0. The Hall–Kier alpha value is -3.53. The number of halogens is 1. The largest absolute Gasteiger partial charge is 0.614 e. The molecule has 14 heteroatoms. The van der Waals surface area contributed by atoms with Gasteiger partial charge in [-0.2, -0.15) is 14.4 Å². The summed E-state index contributed by atoms with van der Waals surface area (Å²) in [4.78, 5) is 24.6. The molecule has 0 aliphatic carbocycles. The monoisotopic (exact) mass is 797 g/mol. The molecule has 1 aliphatic heterocycles. The fraction of sp³-hybridized carbons (Fsp3) is 0.667. The molecule has 0 spiro atoms. The Kier molecular flexibility index (Phi) is 20.1. The first-order valence-corrected chi connectivity index (χ1v) is 22.0. The number of nitrogens with two attached hydrogens (primary N) is 1. The number of nitrogens with zero attached hydrogens (tertiary/aromatic N) is 4. The Morgan fingerprint density at radius 1 is 1.00 bits per heavy atom. The summed E-state index contributed by atoms with van der Waals surface area (Å²) < 4.78 is 45.8. The van der Waals surface area contributed by atoms with Gasteiger partial charge < -0.3 is 20.3 Å². The van der Waals surface area contributed by atoms with Gasteiger partial charge in [0.2, 0.25) is 0 Å². The number of hydrogen-bond donors (Lipinski definition) is 3. The van der Waals surface area contributed by atoms with Gasteiger partial charge in [0.15, 0.2) is 28.6 Å². The zero-order chi connectivity index (χ0) is 40.0. The Bertz CT molecular complexity index is 1660. The molecule has 1 fully saturated rings. The van der Waals surface area contributed by atoms with Gasteiger partial charge in [-0.25, -0.2) is 4.98 Å². The number of anilines is 1. The van der Waals surface area contributed by atoms with Crippen molar-refractivity contribution in [1.29, 1.82) is 0 Å². The maximum Gasteiger partial charge on any atom is 0.614 e. The molecule has 0 saturated carbocycles. The van der Waals surface area contributed by atoms with Gasteiger partial charge in [-0.3, -0.25) is 9.36 Å². The molecule has 308 valence electrons. The molecule has 0 radical (unpaired) electrons. The lowest BCUT2D eigenvalue weighted by molar-refractivity contribution is -0.145. The van der Waals surface area contributed by atoms with Gasteiger partial charge in [0.25, 0.3) is 0 Å². The summed E-state index contributed by atoms with van der Waals surface area (Å²) in [6.07, 6.45) is 28.6. The van der Waals surface area contributed by atoms with Crippen LogP contribution in [0.1, 0.15) is 147 Å². The number of unbranched alkanes of at least 4 members (excludes halogenated alkanes) is 18. The number of aromatic nitrogens is 4. The van der Waals surface area contributed by atoms with E-state index in [0.717, 1.165) is 24.8 Å². The first kappa shape index (κ1) is 45.2. The molecule has 4 rings (SSSR count). The van der Waals surface area contributed by atoms with Gasteiger partial charge in [0.1, 0.15) is 18.9 Å². The number of nitrogens with one attached hydrogen (secondary N) is 1. The molecule has 56 heavy (non-hydrogen) atoms. The van der Waals surface area contributed by atoms with Crippen LogP contribution in [0.15, 0.2) is 36.7 Å². The van der Waals surface area contributed by atoms with E-state index in [-0.39, 0.29) is 36.4 Å². The Morgan fingerprint density at radius 3 is 2.14 bits per heavy atom.